The van der Waals surface area contributed by atoms with E-state index in [0.717, 1.165) is 43.4 Å². The van der Waals surface area contributed by atoms with E-state index < -0.39 is 0 Å². The molecule has 0 radical (unpaired) electrons. The maximum atomic E-state index is 12.2. The summed E-state index contributed by atoms with van der Waals surface area (Å²) in [7, 11) is 0. The van der Waals surface area contributed by atoms with Crippen molar-refractivity contribution in [1.82, 2.24) is 25.1 Å². The standard InChI is InChI=1S/C20H25N5O3/c26-19(6-1-14-8-10-28-20(14)27)24-16-2-4-17(5-3-16)25-12-15(11-23-25)18-7-9-21-13-22-18/h7,9,11-14,16-17H,1-6,8,10H2,(H,24,26). The summed E-state index contributed by atoms with van der Waals surface area (Å²) >= 11 is 0. The van der Waals surface area contributed by atoms with Gasteiger partial charge in [0.05, 0.1) is 30.5 Å². The van der Waals surface area contributed by atoms with Crippen LogP contribution in [-0.4, -0.2) is 44.3 Å². The first-order valence-corrected chi connectivity index (χ1v) is 9.95. The molecule has 3 heterocycles. The summed E-state index contributed by atoms with van der Waals surface area (Å²) in [6.07, 6.45) is 12.7. The molecule has 2 fully saturated rings. The van der Waals surface area contributed by atoms with E-state index in [1.165, 1.54) is 6.33 Å². The number of rotatable bonds is 6. The van der Waals surface area contributed by atoms with Gasteiger partial charge in [-0.2, -0.15) is 5.10 Å². The maximum Gasteiger partial charge on any atom is 0.309 e. The van der Waals surface area contributed by atoms with E-state index in [1.807, 2.05) is 23.1 Å². The minimum atomic E-state index is -0.158. The molecule has 2 aromatic rings. The molecule has 4 rings (SSSR count). The SMILES string of the molecule is O=C(CCC1CCOC1=O)NC1CCC(n2cc(-c3ccncn3)cn2)CC1. The van der Waals surface area contributed by atoms with E-state index >= 15 is 0 Å². The molecule has 1 saturated carbocycles. The number of nitrogens with zero attached hydrogens (tertiary/aromatic N) is 4. The molecule has 148 valence electrons. The number of hydrogen-bond donors (Lipinski definition) is 1. The van der Waals surface area contributed by atoms with Crippen LogP contribution in [0, 0.1) is 5.92 Å². The second kappa shape index (κ2) is 8.50. The molecule has 1 saturated heterocycles. The number of carbonyl (C=O) groups is 2. The van der Waals surface area contributed by atoms with Gasteiger partial charge in [-0.05, 0) is 44.6 Å². The summed E-state index contributed by atoms with van der Waals surface area (Å²) in [4.78, 5) is 31.9. The molecule has 1 aliphatic heterocycles. The van der Waals surface area contributed by atoms with Gasteiger partial charge in [0, 0.05) is 30.4 Å². The van der Waals surface area contributed by atoms with Crippen molar-refractivity contribution < 1.29 is 14.3 Å². The number of amides is 1. The molecule has 8 nitrogen and oxygen atoms in total. The van der Waals surface area contributed by atoms with Gasteiger partial charge in [-0.15, -0.1) is 0 Å². The number of aromatic nitrogens is 4. The molecule has 2 aliphatic rings. The third-order valence-electron chi connectivity index (χ3n) is 5.68. The molecule has 8 heteroatoms. The maximum absolute atomic E-state index is 12.2. The molecule has 0 spiro atoms. The number of hydrogen-bond acceptors (Lipinski definition) is 6. The van der Waals surface area contributed by atoms with Gasteiger partial charge < -0.3 is 10.1 Å². The van der Waals surface area contributed by atoms with Crippen molar-refractivity contribution in [2.45, 2.75) is 57.0 Å². The van der Waals surface area contributed by atoms with Crippen LogP contribution in [0.2, 0.25) is 0 Å². The minimum Gasteiger partial charge on any atom is -0.465 e. The first kappa shape index (κ1) is 18.6. The number of cyclic esters (lactones) is 1. The molecule has 0 aromatic carbocycles. The highest BCUT2D eigenvalue weighted by atomic mass is 16.5. The number of ether oxygens (including phenoxy) is 1. The Morgan fingerprint density at radius 2 is 2.11 bits per heavy atom. The van der Waals surface area contributed by atoms with E-state index in [9.17, 15) is 9.59 Å². The van der Waals surface area contributed by atoms with Crippen LogP contribution < -0.4 is 5.32 Å². The van der Waals surface area contributed by atoms with E-state index in [4.69, 9.17) is 4.74 Å². The van der Waals surface area contributed by atoms with Crippen LogP contribution in [0.3, 0.4) is 0 Å². The fourth-order valence-corrected chi connectivity index (χ4v) is 4.02. The summed E-state index contributed by atoms with van der Waals surface area (Å²) < 4.78 is 6.96. The second-order valence-corrected chi connectivity index (χ2v) is 7.57. The zero-order valence-corrected chi connectivity index (χ0v) is 15.8. The van der Waals surface area contributed by atoms with E-state index in [2.05, 4.69) is 20.4 Å². The Balaban J connectivity index is 1.23. The molecule has 1 amide bonds. The van der Waals surface area contributed by atoms with Crippen LogP contribution in [0.4, 0.5) is 0 Å². The van der Waals surface area contributed by atoms with Crippen molar-refractivity contribution >= 4 is 11.9 Å². The van der Waals surface area contributed by atoms with Crippen molar-refractivity contribution in [3.8, 4) is 11.3 Å². The van der Waals surface area contributed by atoms with Crippen LogP contribution in [0.5, 0.6) is 0 Å². The van der Waals surface area contributed by atoms with Crippen molar-refractivity contribution in [1.29, 1.82) is 0 Å². The monoisotopic (exact) mass is 383 g/mol. The Kier molecular flexibility index (Phi) is 5.64. The summed E-state index contributed by atoms with van der Waals surface area (Å²) in [5.74, 6) is -0.229. The van der Waals surface area contributed by atoms with E-state index in [1.54, 1.807) is 6.20 Å². The quantitative estimate of drug-likeness (QED) is 0.769. The normalized spacial score (nSPS) is 24.7. The summed E-state index contributed by atoms with van der Waals surface area (Å²) in [5, 5.41) is 7.63. The van der Waals surface area contributed by atoms with Gasteiger partial charge in [0.25, 0.3) is 0 Å². The smallest absolute Gasteiger partial charge is 0.309 e. The lowest BCUT2D eigenvalue weighted by molar-refractivity contribution is -0.141. The van der Waals surface area contributed by atoms with Crippen molar-refractivity contribution in [3.63, 3.8) is 0 Å². The largest absolute Gasteiger partial charge is 0.465 e. The molecule has 1 N–H and O–H groups in total. The lowest BCUT2D eigenvalue weighted by Gasteiger charge is -2.29. The summed E-state index contributed by atoms with van der Waals surface area (Å²) in [6.45, 7) is 0.488. The predicted octanol–water partition coefficient (Wildman–Crippen LogP) is 2.28. The number of carbonyl (C=O) groups excluding carboxylic acids is 2. The van der Waals surface area contributed by atoms with E-state index in [-0.39, 0.29) is 23.8 Å². The molecule has 1 unspecified atom stereocenters. The average molecular weight is 383 g/mol. The van der Waals surface area contributed by atoms with Crippen molar-refractivity contribution in [3.05, 3.63) is 31.0 Å². The van der Waals surface area contributed by atoms with Crippen molar-refractivity contribution in [2.75, 3.05) is 6.61 Å². The zero-order valence-electron chi connectivity index (χ0n) is 15.8. The zero-order chi connectivity index (χ0) is 19.3. The highest BCUT2D eigenvalue weighted by Crippen LogP contribution is 2.29. The average Bonchev–Trinajstić information content (AvgIpc) is 3.37. The van der Waals surface area contributed by atoms with Gasteiger partial charge in [0.2, 0.25) is 5.91 Å². The van der Waals surface area contributed by atoms with Crippen LogP contribution in [0.1, 0.15) is 51.0 Å². The first-order chi connectivity index (χ1) is 13.7. The Bertz CT molecular complexity index is 814. The minimum absolute atomic E-state index is 0.0355. The molecular formula is C20H25N5O3. The Morgan fingerprint density at radius 1 is 1.25 bits per heavy atom. The topological polar surface area (TPSA) is 99.0 Å². The van der Waals surface area contributed by atoms with Gasteiger partial charge in [-0.25, -0.2) is 9.97 Å². The van der Waals surface area contributed by atoms with Crippen LogP contribution in [-0.2, 0) is 14.3 Å². The Labute approximate surface area is 163 Å². The van der Waals surface area contributed by atoms with Crippen molar-refractivity contribution in [2.24, 2.45) is 5.92 Å². The highest BCUT2D eigenvalue weighted by molar-refractivity contribution is 5.78. The van der Waals surface area contributed by atoms with Gasteiger partial charge in [-0.1, -0.05) is 0 Å². The lowest BCUT2D eigenvalue weighted by atomic mass is 9.91. The number of esters is 1. The third-order valence-corrected chi connectivity index (χ3v) is 5.68. The fourth-order valence-electron chi connectivity index (χ4n) is 4.02. The molecule has 2 aromatic heterocycles. The van der Waals surface area contributed by atoms with Gasteiger partial charge in [0.1, 0.15) is 6.33 Å². The molecular weight excluding hydrogens is 358 g/mol. The summed E-state index contributed by atoms with van der Waals surface area (Å²) in [6, 6.07) is 2.42. The second-order valence-electron chi connectivity index (χ2n) is 7.57. The predicted molar refractivity (Wildman–Crippen MR) is 101 cm³/mol. The number of nitrogens with one attached hydrogen (secondary N) is 1. The summed E-state index contributed by atoms with van der Waals surface area (Å²) in [5.41, 5.74) is 1.86. The van der Waals surface area contributed by atoms with Crippen LogP contribution in [0.15, 0.2) is 31.0 Å². The Morgan fingerprint density at radius 3 is 2.82 bits per heavy atom. The third kappa shape index (κ3) is 4.37. The van der Waals surface area contributed by atoms with Gasteiger partial charge in [0.15, 0.2) is 0 Å². The lowest BCUT2D eigenvalue weighted by Crippen LogP contribution is -2.38. The highest BCUT2D eigenvalue weighted by Gasteiger charge is 2.28. The molecule has 1 atom stereocenters. The Hall–Kier alpha value is -2.77. The van der Waals surface area contributed by atoms with E-state index in [0.29, 0.717) is 25.5 Å². The van der Waals surface area contributed by atoms with Gasteiger partial charge in [-0.3, -0.25) is 14.3 Å². The fraction of sp³-hybridized carbons (Fsp3) is 0.550. The van der Waals surface area contributed by atoms with Crippen LogP contribution >= 0.6 is 0 Å². The first-order valence-electron chi connectivity index (χ1n) is 9.95. The molecule has 1 aliphatic carbocycles. The molecule has 28 heavy (non-hydrogen) atoms. The van der Waals surface area contributed by atoms with Gasteiger partial charge >= 0.3 is 5.97 Å². The molecule has 0 bridgehead atoms. The van der Waals surface area contributed by atoms with Crippen LogP contribution in [0.25, 0.3) is 11.3 Å².